The lowest BCUT2D eigenvalue weighted by atomic mass is 9.96. The van der Waals surface area contributed by atoms with Crippen molar-refractivity contribution in [3.8, 4) is 0 Å². The second-order valence-electron chi connectivity index (χ2n) is 5.82. The van der Waals surface area contributed by atoms with Gasteiger partial charge in [0.1, 0.15) is 0 Å². The van der Waals surface area contributed by atoms with Crippen LogP contribution in [-0.2, 0) is 6.42 Å². The van der Waals surface area contributed by atoms with Crippen LogP contribution in [0.25, 0.3) is 0 Å². The number of aryl methyl sites for hydroxylation is 1. The fourth-order valence-corrected chi connectivity index (χ4v) is 1.94. The Morgan fingerprint density at radius 1 is 1.22 bits per heavy atom. The summed E-state index contributed by atoms with van der Waals surface area (Å²) in [6.07, 6.45) is 2.46. The Morgan fingerprint density at radius 2 is 1.94 bits per heavy atom. The van der Waals surface area contributed by atoms with Gasteiger partial charge in [0.05, 0.1) is 0 Å². The van der Waals surface area contributed by atoms with Gasteiger partial charge in [-0.3, -0.25) is 0 Å². The standard InChI is InChI=1S/C14H22N2.C2H6/c1-14(2,3)10-16-12-7-6-11-5-4-8-15-13(11)9-12;1-2/h6-7,9,15-16H,4-5,8,10H2,1-3H3;1-2H3. The molecule has 1 aliphatic heterocycles. The van der Waals surface area contributed by atoms with E-state index < -0.39 is 0 Å². The highest BCUT2D eigenvalue weighted by atomic mass is 14.9. The first-order valence-corrected chi connectivity index (χ1v) is 7.15. The molecule has 0 radical (unpaired) electrons. The first-order valence-electron chi connectivity index (χ1n) is 7.15. The van der Waals surface area contributed by atoms with E-state index in [4.69, 9.17) is 0 Å². The Kier molecular flexibility index (Phi) is 5.52. The van der Waals surface area contributed by atoms with E-state index >= 15 is 0 Å². The molecule has 1 aromatic carbocycles. The van der Waals surface area contributed by atoms with Gasteiger partial charge in [-0.15, -0.1) is 0 Å². The van der Waals surface area contributed by atoms with Crippen LogP contribution in [0.4, 0.5) is 11.4 Å². The Bertz CT molecular complexity index is 364. The summed E-state index contributed by atoms with van der Waals surface area (Å²) in [4.78, 5) is 0. The van der Waals surface area contributed by atoms with E-state index in [0.29, 0.717) is 5.41 Å². The van der Waals surface area contributed by atoms with Crippen LogP contribution in [-0.4, -0.2) is 13.1 Å². The van der Waals surface area contributed by atoms with Gasteiger partial charge >= 0.3 is 0 Å². The van der Waals surface area contributed by atoms with Crippen molar-refractivity contribution >= 4 is 11.4 Å². The third-order valence-electron chi connectivity index (χ3n) is 2.87. The van der Waals surface area contributed by atoms with Crippen molar-refractivity contribution in [3.05, 3.63) is 23.8 Å². The molecule has 2 heteroatoms. The fourth-order valence-electron chi connectivity index (χ4n) is 1.94. The van der Waals surface area contributed by atoms with E-state index in [9.17, 15) is 0 Å². The van der Waals surface area contributed by atoms with Crippen molar-refractivity contribution in [2.24, 2.45) is 5.41 Å². The molecule has 1 heterocycles. The molecule has 2 rings (SSSR count). The maximum Gasteiger partial charge on any atom is 0.0393 e. The predicted octanol–water partition coefficient (Wildman–Crippen LogP) is 4.53. The first-order chi connectivity index (χ1) is 8.54. The van der Waals surface area contributed by atoms with E-state index in [2.05, 4.69) is 49.6 Å². The van der Waals surface area contributed by atoms with Crippen molar-refractivity contribution in [3.63, 3.8) is 0 Å². The second kappa shape index (κ2) is 6.67. The number of hydrogen-bond donors (Lipinski definition) is 2. The summed E-state index contributed by atoms with van der Waals surface area (Å²) in [6.45, 7) is 12.9. The van der Waals surface area contributed by atoms with Gasteiger partial charge in [0.2, 0.25) is 0 Å². The average molecular weight is 248 g/mol. The maximum absolute atomic E-state index is 3.49. The topological polar surface area (TPSA) is 24.1 Å². The van der Waals surface area contributed by atoms with Crippen molar-refractivity contribution in [1.82, 2.24) is 0 Å². The molecule has 0 spiro atoms. The summed E-state index contributed by atoms with van der Waals surface area (Å²) in [5, 5.41) is 6.95. The van der Waals surface area contributed by atoms with Crippen LogP contribution in [0, 0.1) is 5.41 Å². The minimum Gasteiger partial charge on any atom is -0.385 e. The first kappa shape index (κ1) is 14.9. The summed E-state index contributed by atoms with van der Waals surface area (Å²) in [7, 11) is 0. The normalized spacial score (nSPS) is 13.8. The molecule has 0 aromatic heterocycles. The zero-order valence-corrected chi connectivity index (χ0v) is 12.6. The van der Waals surface area contributed by atoms with Gasteiger partial charge in [0, 0.05) is 24.5 Å². The quantitative estimate of drug-likeness (QED) is 0.803. The van der Waals surface area contributed by atoms with E-state index in [-0.39, 0.29) is 0 Å². The van der Waals surface area contributed by atoms with Crippen LogP contribution in [0.1, 0.15) is 46.6 Å². The summed E-state index contributed by atoms with van der Waals surface area (Å²) < 4.78 is 0. The smallest absolute Gasteiger partial charge is 0.0393 e. The Labute approximate surface area is 112 Å². The fraction of sp³-hybridized carbons (Fsp3) is 0.625. The molecule has 0 amide bonds. The molecular formula is C16H28N2. The molecule has 2 nitrogen and oxygen atoms in total. The summed E-state index contributed by atoms with van der Waals surface area (Å²) >= 11 is 0. The van der Waals surface area contributed by atoms with Crippen molar-refractivity contribution in [1.29, 1.82) is 0 Å². The highest BCUT2D eigenvalue weighted by molar-refractivity contribution is 5.62. The van der Waals surface area contributed by atoms with Gasteiger partial charge in [-0.05, 0) is 36.0 Å². The molecule has 0 unspecified atom stereocenters. The zero-order chi connectivity index (χ0) is 13.6. The number of hydrogen-bond acceptors (Lipinski definition) is 2. The molecule has 0 saturated carbocycles. The van der Waals surface area contributed by atoms with Crippen LogP contribution in [0.5, 0.6) is 0 Å². The number of benzene rings is 1. The minimum atomic E-state index is 0.323. The molecule has 2 N–H and O–H groups in total. The molecule has 18 heavy (non-hydrogen) atoms. The predicted molar refractivity (Wildman–Crippen MR) is 82.5 cm³/mol. The number of nitrogens with one attached hydrogen (secondary N) is 2. The third kappa shape index (κ3) is 4.59. The average Bonchev–Trinajstić information content (AvgIpc) is 2.38. The number of rotatable bonds is 2. The molecule has 1 aliphatic rings. The van der Waals surface area contributed by atoms with Crippen molar-refractivity contribution < 1.29 is 0 Å². The van der Waals surface area contributed by atoms with Gasteiger partial charge < -0.3 is 10.6 Å². The lowest BCUT2D eigenvalue weighted by Crippen LogP contribution is -2.19. The van der Waals surface area contributed by atoms with Crippen LogP contribution in [0.15, 0.2) is 18.2 Å². The monoisotopic (exact) mass is 248 g/mol. The third-order valence-corrected chi connectivity index (χ3v) is 2.87. The summed E-state index contributed by atoms with van der Waals surface area (Å²) in [6, 6.07) is 6.67. The molecule has 0 fully saturated rings. The summed E-state index contributed by atoms with van der Waals surface area (Å²) in [5.41, 5.74) is 4.31. The van der Waals surface area contributed by atoms with Crippen LogP contribution < -0.4 is 10.6 Å². The Morgan fingerprint density at radius 3 is 2.61 bits per heavy atom. The molecule has 0 saturated heterocycles. The maximum atomic E-state index is 3.49. The van der Waals surface area contributed by atoms with E-state index in [1.807, 2.05) is 13.8 Å². The van der Waals surface area contributed by atoms with Gasteiger partial charge in [-0.1, -0.05) is 40.7 Å². The number of fused-ring (bicyclic) bond motifs is 1. The largest absolute Gasteiger partial charge is 0.385 e. The van der Waals surface area contributed by atoms with Crippen molar-refractivity contribution in [2.75, 3.05) is 23.7 Å². The highest BCUT2D eigenvalue weighted by Gasteiger charge is 2.11. The van der Waals surface area contributed by atoms with Crippen molar-refractivity contribution in [2.45, 2.75) is 47.5 Å². The SMILES string of the molecule is CC.CC(C)(C)CNc1ccc2c(c1)NCCC2. The Balaban J connectivity index is 0.000000771. The molecule has 102 valence electrons. The van der Waals surface area contributed by atoms with E-state index in [0.717, 1.165) is 13.1 Å². The molecule has 0 aliphatic carbocycles. The van der Waals surface area contributed by atoms with E-state index in [1.165, 1.54) is 29.8 Å². The Hall–Kier alpha value is -1.18. The van der Waals surface area contributed by atoms with Crippen LogP contribution in [0.2, 0.25) is 0 Å². The number of anilines is 2. The molecule has 0 bridgehead atoms. The van der Waals surface area contributed by atoms with Crippen LogP contribution >= 0.6 is 0 Å². The molecule has 0 atom stereocenters. The lowest BCUT2D eigenvalue weighted by Gasteiger charge is -2.22. The summed E-state index contributed by atoms with van der Waals surface area (Å²) in [5.74, 6) is 0. The van der Waals surface area contributed by atoms with Gasteiger partial charge in [-0.25, -0.2) is 0 Å². The highest BCUT2D eigenvalue weighted by Crippen LogP contribution is 2.26. The van der Waals surface area contributed by atoms with Gasteiger partial charge in [-0.2, -0.15) is 0 Å². The zero-order valence-electron chi connectivity index (χ0n) is 12.6. The second-order valence-corrected chi connectivity index (χ2v) is 5.82. The lowest BCUT2D eigenvalue weighted by molar-refractivity contribution is 0.443. The molecule has 1 aromatic rings. The minimum absolute atomic E-state index is 0.323. The van der Waals surface area contributed by atoms with Gasteiger partial charge in [0.25, 0.3) is 0 Å². The van der Waals surface area contributed by atoms with E-state index in [1.54, 1.807) is 0 Å². The molecular weight excluding hydrogens is 220 g/mol. The van der Waals surface area contributed by atoms with Crippen LogP contribution in [0.3, 0.4) is 0 Å². The van der Waals surface area contributed by atoms with Gasteiger partial charge in [0.15, 0.2) is 0 Å².